The summed E-state index contributed by atoms with van der Waals surface area (Å²) in [7, 11) is 1.13. The first-order chi connectivity index (χ1) is 39.4. The molecule has 0 aromatic rings. The van der Waals surface area contributed by atoms with Gasteiger partial charge >= 0.3 is 5.97 Å². The number of allylic oxidation sites excluding steroid dienone is 23. The molecule has 1 N–H and O–H groups in total. The predicted molar refractivity (Wildman–Crippen MR) is 348 cm³/mol. The lowest BCUT2D eigenvalue weighted by molar-refractivity contribution is -0.870. The lowest BCUT2D eigenvalue weighted by atomic mass is 10.1. The monoisotopic (exact) mass is 1140 g/mol. The number of carbonyl (C=O) groups excluding carboxylic acids is 2. The van der Waals surface area contributed by atoms with Crippen molar-refractivity contribution in [2.24, 2.45) is 0 Å². The topological polar surface area (TPSA) is 114 Å². The van der Waals surface area contributed by atoms with Crippen LogP contribution in [0.1, 0.15) is 239 Å². The van der Waals surface area contributed by atoms with Crippen LogP contribution in [0.2, 0.25) is 0 Å². The van der Waals surface area contributed by atoms with E-state index in [0.717, 1.165) is 148 Å². The maximum atomic E-state index is 13.6. The van der Waals surface area contributed by atoms with Gasteiger partial charge in [-0.1, -0.05) is 244 Å². The zero-order chi connectivity index (χ0) is 59.3. The number of amides is 1. The summed E-state index contributed by atoms with van der Waals surface area (Å²) < 4.78 is 30.3. The maximum absolute atomic E-state index is 13.6. The summed E-state index contributed by atoms with van der Waals surface area (Å²) in [6, 6.07) is -0.922. The number of rotatable bonds is 56. The van der Waals surface area contributed by atoms with Crippen LogP contribution in [0, 0.1) is 0 Å². The molecule has 0 heterocycles. The number of quaternary nitrogens is 1. The molecule has 0 aromatic heterocycles. The molecule has 1 amide bonds. The third kappa shape index (κ3) is 60.3. The number of unbranched alkanes of at least 4 members (excludes halogenated alkanes) is 18. The molecule has 0 bridgehead atoms. The van der Waals surface area contributed by atoms with E-state index in [1.54, 1.807) is 0 Å². The van der Waals surface area contributed by atoms with Crippen LogP contribution in [0.3, 0.4) is 0 Å². The van der Waals surface area contributed by atoms with Crippen molar-refractivity contribution in [3.8, 4) is 0 Å². The Kier molecular flexibility index (Phi) is 56.1. The Bertz CT molecular complexity index is 1890. The van der Waals surface area contributed by atoms with Gasteiger partial charge in [-0.2, -0.15) is 0 Å². The first-order valence-corrected chi connectivity index (χ1v) is 33.6. The van der Waals surface area contributed by atoms with Gasteiger partial charge < -0.3 is 28.5 Å². The number of phosphoric ester groups is 1. The van der Waals surface area contributed by atoms with Crippen LogP contribution < -0.4 is 10.2 Å². The Morgan fingerprint density at radius 3 is 1.20 bits per heavy atom. The van der Waals surface area contributed by atoms with Gasteiger partial charge in [0.05, 0.1) is 33.8 Å². The summed E-state index contributed by atoms with van der Waals surface area (Å²) in [5.41, 5.74) is 0. The van der Waals surface area contributed by atoms with Crippen molar-refractivity contribution in [2.75, 3.05) is 40.9 Å². The van der Waals surface area contributed by atoms with Crippen LogP contribution in [0.4, 0.5) is 0 Å². The summed E-state index contributed by atoms with van der Waals surface area (Å²) in [4.78, 5) is 40.0. The number of hydrogen-bond donors (Lipinski definition) is 1. The molecule has 0 aliphatic rings. The highest BCUT2D eigenvalue weighted by Gasteiger charge is 2.27. The highest BCUT2D eigenvalue weighted by Crippen LogP contribution is 2.38. The fraction of sp³-hybridized carbons (Fsp3) is 0.634. The highest BCUT2D eigenvalue weighted by atomic mass is 31.2. The van der Waals surface area contributed by atoms with E-state index in [9.17, 15) is 19.0 Å². The third-order valence-corrected chi connectivity index (χ3v) is 14.2. The SMILES string of the molecule is CC/C=C\C/C=C\C/C=C\C/C=C\C/C=C\C/C=C\CCCCCCCCC(=O)NC(COP(=O)([O-])OCC[N+](C)(C)C)C(/C=C\CCCCCCCCCCC)OC(=O)CCCCC/C=C\C/C=C\C/C=C\C/C=C\C/C=C\CC. The van der Waals surface area contributed by atoms with E-state index in [0.29, 0.717) is 23.9 Å². The van der Waals surface area contributed by atoms with Gasteiger partial charge in [0, 0.05) is 12.8 Å². The van der Waals surface area contributed by atoms with Gasteiger partial charge in [0.1, 0.15) is 19.3 Å². The molecule has 0 fully saturated rings. The summed E-state index contributed by atoms with van der Waals surface area (Å²) in [5.74, 6) is -0.608. The third-order valence-electron chi connectivity index (χ3n) is 13.3. The minimum absolute atomic E-state index is 0.0397. The van der Waals surface area contributed by atoms with Crippen LogP contribution in [0.25, 0.3) is 0 Å². The van der Waals surface area contributed by atoms with E-state index in [-0.39, 0.29) is 31.3 Å². The lowest BCUT2D eigenvalue weighted by Crippen LogP contribution is -2.47. The minimum atomic E-state index is -4.72. The number of ether oxygens (including phenoxy) is 1. The van der Waals surface area contributed by atoms with Gasteiger partial charge in [-0.3, -0.25) is 14.2 Å². The fourth-order valence-electron chi connectivity index (χ4n) is 8.37. The number of likely N-dealkylation sites (N-methyl/N-ethyl adjacent to an activating group) is 1. The number of nitrogens with one attached hydrogen (secondary N) is 1. The molecule has 460 valence electrons. The normalized spacial score (nSPS) is 14.6. The molecule has 81 heavy (non-hydrogen) atoms. The molecule has 0 radical (unpaired) electrons. The summed E-state index contributed by atoms with van der Waals surface area (Å²) in [6.45, 7) is 6.55. The summed E-state index contributed by atoms with van der Waals surface area (Å²) in [5, 5.41) is 3.01. The summed E-state index contributed by atoms with van der Waals surface area (Å²) >= 11 is 0. The summed E-state index contributed by atoms with van der Waals surface area (Å²) in [6.07, 6.45) is 85.3. The van der Waals surface area contributed by atoms with E-state index in [1.165, 1.54) is 44.9 Å². The van der Waals surface area contributed by atoms with Gasteiger partial charge in [-0.15, -0.1) is 0 Å². The van der Waals surface area contributed by atoms with Crippen molar-refractivity contribution in [2.45, 2.75) is 251 Å². The Balaban J connectivity index is 5.26. The molecule has 0 aromatic carbocycles. The molecule has 0 aliphatic carbocycles. The van der Waals surface area contributed by atoms with Crippen molar-refractivity contribution in [1.29, 1.82) is 0 Å². The van der Waals surface area contributed by atoms with E-state index >= 15 is 0 Å². The second-order valence-electron chi connectivity index (χ2n) is 22.1. The van der Waals surface area contributed by atoms with Crippen LogP contribution >= 0.6 is 7.82 Å². The molecular weight excluding hydrogens is 1020 g/mol. The average Bonchev–Trinajstić information content (AvgIpc) is 3.44. The number of esters is 1. The lowest BCUT2D eigenvalue weighted by Gasteiger charge is -2.30. The molecular formula is C71H119N2O7P. The molecule has 3 unspecified atom stereocenters. The van der Waals surface area contributed by atoms with E-state index in [4.69, 9.17) is 13.8 Å². The Morgan fingerprint density at radius 2 is 0.790 bits per heavy atom. The smallest absolute Gasteiger partial charge is 0.306 e. The molecule has 0 spiro atoms. The van der Waals surface area contributed by atoms with E-state index in [1.807, 2.05) is 33.3 Å². The average molecular weight is 1140 g/mol. The van der Waals surface area contributed by atoms with Crippen LogP contribution in [0.5, 0.6) is 0 Å². The molecule has 0 aliphatic heterocycles. The number of nitrogens with zero attached hydrogens (tertiary/aromatic N) is 1. The van der Waals surface area contributed by atoms with Gasteiger partial charge in [-0.25, -0.2) is 0 Å². The quantitative estimate of drug-likeness (QED) is 0.0212. The van der Waals surface area contributed by atoms with Gasteiger partial charge in [-0.05, 0) is 128 Å². The van der Waals surface area contributed by atoms with Crippen LogP contribution in [-0.4, -0.2) is 69.4 Å². The number of hydrogen-bond acceptors (Lipinski definition) is 7. The molecule has 0 saturated carbocycles. The predicted octanol–water partition coefficient (Wildman–Crippen LogP) is 19.6. The van der Waals surface area contributed by atoms with Crippen LogP contribution in [-0.2, 0) is 27.9 Å². The van der Waals surface area contributed by atoms with Crippen molar-refractivity contribution >= 4 is 19.7 Å². The molecule has 10 heteroatoms. The van der Waals surface area contributed by atoms with Gasteiger partial charge in [0.25, 0.3) is 7.82 Å². The number of carbonyl (C=O) groups is 2. The minimum Gasteiger partial charge on any atom is -0.756 e. The zero-order valence-corrected chi connectivity index (χ0v) is 53.3. The Morgan fingerprint density at radius 1 is 0.444 bits per heavy atom. The second kappa shape index (κ2) is 59.1. The van der Waals surface area contributed by atoms with Crippen molar-refractivity contribution in [1.82, 2.24) is 5.32 Å². The molecule has 0 rings (SSSR count). The molecule has 9 nitrogen and oxygen atoms in total. The van der Waals surface area contributed by atoms with E-state index < -0.39 is 26.6 Å². The zero-order valence-electron chi connectivity index (χ0n) is 52.4. The van der Waals surface area contributed by atoms with E-state index in [2.05, 4.69) is 160 Å². The first-order valence-electron chi connectivity index (χ1n) is 32.1. The van der Waals surface area contributed by atoms with Crippen molar-refractivity contribution in [3.63, 3.8) is 0 Å². The van der Waals surface area contributed by atoms with Gasteiger partial charge in [0.15, 0.2) is 0 Å². The molecule has 3 atom stereocenters. The Labute approximate surface area is 498 Å². The van der Waals surface area contributed by atoms with Crippen LogP contribution in [0.15, 0.2) is 146 Å². The number of phosphoric acid groups is 1. The molecule has 0 saturated heterocycles. The Hall–Kier alpha value is -4.11. The van der Waals surface area contributed by atoms with Gasteiger partial charge in [0.2, 0.25) is 5.91 Å². The van der Waals surface area contributed by atoms with Crippen molar-refractivity contribution in [3.05, 3.63) is 146 Å². The second-order valence-corrected chi connectivity index (χ2v) is 23.6. The highest BCUT2D eigenvalue weighted by molar-refractivity contribution is 7.45. The van der Waals surface area contributed by atoms with Crippen molar-refractivity contribution < 1.29 is 37.3 Å². The maximum Gasteiger partial charge on any atom is 0.306 e. The first kappa shape index (κ1) is 76.9. The standard InChI is InChI=1S/C71H119N2O7P/c1-7-10-13-16-19-22-25-27-29-31-33-34-35-36-37-38-40-41-43-45-48-51-54-57-60-63-70(74)72-68(67-79-81(76,77)78-66-65-73(4,5)6)69(62-59-56-53-50-47-24-21-18-15-12-9-3)80-71(75)64-61-58-55-52-49-46-44-42-39-32-30-28-26-23-20-17-14-11-8-2/h10-11,13-14,19-20,22-23,27-30,33-34,36-37,39-42,46,49,59,62,68-69H,7-9,12,15-18,21,24-26,31-32,35,38,43-45,47-48,50-58,60-61,63-67H2,1-6H3,(H-,72,74,76,77)/b13-10-,14-11-,22-19-,23-20-,29-27-,30-28-,34-33-,37-36-,41-40-,42-39-,49-46-,62-59-. The fourth-order valence-corrected chi connectivity index (χ4v) is 9.10. The largest absolute Gasteiger partial charge is 0.756 e.